The molecule has 0 saturated carbocycles. The second-order valence-corrected chi connectivity index (χ2v) is 6.26. The number of thiazole rings is 1. The van der Waals surface area contributed by atoms with Crippen LogP contribution in [-0.2, 0) is 0 Å². The fourth-order valence-corrected chi connectivity index (χ4v) is 3.55. The van der Waals surface area contributed by atoms with E-state index in [0.29, 0.717) is 9.49 Å². The maximum Gasteiger partial charge on any atom is 0.274 e. The normalized spacial score (nSPS) is 12.5. The van der Waals surface area contributed by atoms with Gasteiger partial charge in [-0.1, -0.05) is 41.1 Å². The molecule has 0 amide bonds. The summed E-state index contributed by atoms with van der Waals surface area (Å²) in [5, 5.41) is 9.70. The van der Waals surface area contributed by atoms with Gasteiger partial charge in [-0.2, -0.15) is 0 Å². The van der Waals surface area contributed by atoms with Crippen molar-refractivity contribution in [2.24, 2.45) is 0 Å². The first kappa shape index (κ1) is 13.3. The molecule has 0 bridgehead atoms. The minimum absolute atomic E-state index is 0.0214. The van der Waals surface area contributed by atoms with Crippen molar-refractivity contribution in [1.29, 1.82) is 0 Å². The number of rotatable bonds is 1. The number of fused-ring (bicyclic) bond motifs is 3. The third kappa shape index (κ3) is 1.98. The van der Waals surface area contributed by atoms with Crippen LogP contribution in [0.15, 0.2) is 47.3 Å². The maximum absolute atomic E-state index is 12.6. The lowest BCUT2D eigenvalue weighted by Crippen LogP contribution is -2.22. The molecule has 22 heavy (non-hydrogen) atoms. The molecule has 0 aliphatic carbocycles. The Kier molecular flexibility index (Phi) is 2.92. The monoisotopic (exact) mass is 328 g/mol. The van der Waals surface area contributed by atoms with Crippen molar-refractivity contribution < 1.29 is 5.11 Å². The van der Waals surface area contributed by atoms with Crippen LogP contribution < -0.4 is 10.1 Å². The highest BCUT2D eigenvalue weighted by molar-refractivity contribution is 7.15. The zero-order valence-electron chi connectivity index (χ0n) is 11.2. The van der Waals surface area contributed by atoms with Crippen molar-refractivity contribution in [1.82, 2.24) is 9.38 Å². The van der Waals surface area contributed by atoms with Crippen molar-refractivity contribution in [2.75, 3.05) is 0 Å². The Balaban J connectivity index is 1.99. The van der Waals surface area contributed by atoms with Crippen molar-refractivity contribution in [2.45, 2.75) is 0 Å². The second-order valence-electron chi connectivity index (χ2n) is 4.85. The lowest BCUT2D eigenvalue weighted by atomic mass is 10.2. The molecule has 0 unspecified atom stereocenters. The number of imidazole rings is 1. The Morgan fingerprint density at radius 1 is 1.23 bits per heavy atom. The largest absolute Gasteiger partial charge is 0.506 e. The summed E-state index contributed by atoms with van der Waals surface area (Å²) in [7, 11) is 0. The van der Waals surface area contributed by atoms with Crippen molar-refractivity contribution in [3.8, 4) is 5.75 Å². The van der Waals surface area contributed by atoms with Gasteiger partial charge in [-0.15, -0.1) is 0 Å². The van der Waals surface area contributed by atoms with Gasteiger partial charge < -0.3 is 5.11 Å². The van der Waals surface area contributed by atoms with Gasteiger partial charge in [0.05, 0.1) is 20.6 Å². The number of phenols is 1. The van der Waals surface area contributed by atoms with Gasteiger partial charge in [0.1, 0.15) is 5.75 Å². The van der Waals surface area contributed by atoms with E-state index in [2.05, 4.69) is 4.98 Å². The van der Waals surface area contributed by atoms with E-state index in [1.54, 1.807) is 22.6 Å². The highest BCUT2D eigenvalue weighted by atomic mass is 35.5. The first-order valence-corrected chi connectivity index (χ1v) is 7.73. The van der Waals surface area contributed by atoms with Crippen molar-refractivity contribution in [3.05, 3.63) is 67.9 Å². The molecule has 2 aromatic heterocycles. The summed E-state index contributed by atoms with van der Waals surface area (Å²) in [4.78, 5) is 17.7. The fraction of sp³-hybridized carbons (Fsp3) is 0. The summed E-state index contributed by atoms with van der Waals surface area (Å²) in [6, 6.07) is 12.4. The van der Waals surface area contributed by atoms with Crippen LogP contribution in [0.1, 0.15) is 5.56 Å². The van der Waals surface area contributed by atoms with Crippen molar-refractivity contribution >= 4 is 45.0 Å². The fourth-order valence-electron chi connectivity index (χ4n) is 2.38. The first-order chi connectivity index (χ1) is 10.6. The summed E-state index contributed by atoms with van der Waals surface area (Å²) >= 11 is 7.23. The van der Waals surface area contributed by atoms with Crippen LogP contribution >= 0.6 is 22.9 Å². The smallest absolute Gasteiger partial charge is 0.274 e. The standard InChI is InChI=1S/C16H9ClN2O2S/c17-10-7-9(5-6-13(10)20)8-14-15(21)19-12-4-2-1-3-11(12)18-16(19)22-14/h1-8,20H/b14-8+. The summed E-state index contributed by atoms with van der Waals surface area (Å²) in [5.74, 6) is 0.0214. The van der Waals surface area contributed by atoms with Gasteiger partial charge in [0.25, 0.3) is 5.56 Å². The number of nitrogens with zero attached hydrogens (tertiary/aromatic N) is 2. The molecule has 4 nitrogen and oxygen atoms in total. The predicted molar refractivity (Wildman–Crippen MR) is 88.7 cm³/mol. The third-order valence-corrected chi connectivity index (χ3v) is 4.69. The average Bonchev–Trinajstić information content (AvgIpc) is 3.00. The summed E-state index contributed by atoms with van der Waals surface area (Å²) in [6.07, 6.45) is 1.75. The molecule has 0 fully saturated rings. The number of para-hydroxylation sites is 2. The molecule has 0 atom stereocenters. The number of phenolic OH excluding ortho intramolecular Hbond substituents is 1. The zero-order valence-corrected chi connectivity index (χ0v) is 12.7. The molecule has 4 aromatic rings. The lowest BCUT2D eigenvalue weighted by Gasteiger charge is -1.96. The van der Waals surface area contributed by atoms with E-state index in [1.807, 2.05) is 24.3 Å². The molecule has 108 valence electrons. The molecule has 0 aliphatic heterocycles. The second kappa shape index (κ2) is 4.83. The van der Waals surface area contributed by atoms with Gasteiger partial charge in [-0.3, -0.25) is 4.79 Å². The minimum Gasteiger partial charge on any atom is -0.506 e. The Bertz CT molecular complexity index is 1130. The lowest BCUT2D eigenvalue weighted by molar-refractivity contribution is 0.475. The maximum atomic E-state index is 12.6. The van der Waals surface area contributed by atoms with Crippen LogP contribution in [0.4, 0.5) is 0 Å². The number of halogens is 1. The summed E-state index contributed by atoms with van der Waals surface area (Å²) < 4.78 is 2.20. The Morgan fingerprint density at radius 3 is 2.86 bits per heavy atom. The molecule has 2 heterocycles. The van der Waals surface area contributed by atoms with E-state index >= 15 is 0 Å². The van der Waals surface area contributed by atoms with E-state index in [9.17, 15) is 9.90 Å². The Hall–Kier alpha value is -2.37. The van der Waals surface area contributed by atoms with E-state index in [-0.39, 0.29) is 16.3 Å². The molecule has 2 aromatic carbocycles. The highest BCUT2D eigenvalue weighted by Crippen LogP contribution is 2.24. The molecule has 0 aliphatic rings. The predicted octanol–water partition coefficient (Wildman–Crippen LogP) is 2.82. The van der Waals surface area contributed by atoms with Gasteiger partial charge in [-0.05, 0) is 35.9 Å². The molecule has 0 spiro atoms. The zero-order chi connectivity index (χ0) is 15.3. The third-order valence-electron chi connectivity index (χ3n) is 3.41. The highest BCUT2D eigenvalue weighted by Gasteiger charge is 2.10. The van der Waals surface area contributed by atoms with E-state index in [0.717, 1.165) is 16.6 Å². The number of hydrogen-bond acceptors (Lipinski definition) is 4. The van der Waals surface area contributed by atoms with E-state index in [1.165, 1.54) is 17.4 Å². The topological polar surface area (TPSA) is 54.6 Å². The average molecular weight is 329 g/mol. The number of hydrogen-bond donors (Lipinski definition) is 1. The Labute approximate surface area is 133 Å². The van der Waals surface area contributed by atoms with Gasteiger partial charge in [0, 0.05) is 0 Å². The molecule has 0 saturated heterocycles. The van der Waals surface area contributed by atoms with Crippen LogP contribution in [0.5, 0.6) is 5.75 Å². The quantitative estimate of drug-likeness (QED) is 0.584. The summed E-state index contributed by atoms with van der Waals surface area (Å²) in [5.41, 5.74) is 2.28. The van der Waals surface area contributed by atoms with Gasteiger partial charge >= 0.3 is 0 Å². The number of benzene rings is 2. The molecular weight excluding hydrogens is 320 g/mol. The van der Waals surface area contributed by atoms with Crippen LogP contribution in [0.3, 0.4) is 0 Å². The molecule has 1 N–H and O–H groups in total. The molecule has 6 heteroatoms. The van der Waals surface area contributed by atoms with Crippen molar-refractivity contribution in [3.63, 3.8) is 0 Å². The van der Waals surface area contributed by atoms with Crippen LogP contribution in [0.25, 0.3) is 22.1 Å². The van der Waals surface area contributed by atoms with Gasteiger partial charge in [0.2, 0.25) is 0 Å². The summed E-state index contributed by atoms with van der Waals surface area (Å²) in [6.45, 7) is 0. The van der Waals surface area contributed by atoms with E-state index in [4.69, 9.17) is 11.6 Å². The molecule has 0 radical (unpaired) electrons. The molecule has 4 rings (SSSR count). The number of aromatic nitrogens is 2. The van der Waals surface area contributed by atoms with Gasteiger partial charge in [-0.25, -0.2) is 9.38 Å². The number of aromatic hydroxyl groups is 1. The van der Waals surface area contributed by atoms with Crippen LogP contribution in [0, 0.1) is 0 Å². The van der Waals surface area contributed by atoms with Gasteiger partial charge in [0.15, 0.2) is 4.96 Å². The first-order valence-electron chi connectivity index (χ1n) is 6.54. The minimum atomic E-state index is -0.0992. The SMILES string of the molecule is O=c1/c(=C\c2ccc(O)c(Cl)c2)sc2nc3ccccc3n12. The van der Waals surface area contributed by atoms with E-state index < -0.39 is 0 Å². The Morgan fingerprint density at radius 2 is 2.05 bits per heavy atom. The van der Waals surface area contributed by atoms with Crippen LogP contribution in [0.2, 0.25) is 5.02 Å². The molecular formula is C16H9ClN2O2S. The van der Waals surface area contributed by atoms with Crippen LogP contribution in [-0.4, -0.2) is 14.5 Å².